The van der Waals surface area contributed by atoms with Crippen LogP contribution in [0.1, 0.15) is 55.6 Å². The predicted molar refractivity (Wildman–Crippen MR) is 99.2 cm³/mol. The molecule has 3 heterocycles. The van der Waals surface area contributed by atoms with E-state index in [0.29, 0.717) is 6.54 Å². The zero-order chi connectivity index (χ0) is 18.3. The quantitative estimate of drug-likeness (QED) is 0.850. The molecular weight excluding hydrogens is 328 g/mol. The average molecular weight is 354 g/mol. The zero-order valence-electron chi connectivity index (χ0n) is 15.5. The molecule has 0 radical (unpaired) electrons. The van der Waals surface area contributed by atoms with Crippen LogP contribution in [0.3, 0.4) is 0 Å². The summed E-state index contributed by atoms with van der Waals surface area (Å²) < 4.78 is 3.17. The van der Waals surface area contributed by atoms with Crippen molar-refractivity contribution in [2.45, 2.75) is 64.6 Å². The number of carbonyl (C=O) groups is 1. The Kier molecular flexibility index (Phi) is 4.42. The number of aryl methyl sites for hydroxylation is 2. The van der Waals surface area contributed by atoms with Crippen LogP contribution in [0, 0.1) is 6.92 Å². The lowest BCUT2D eigenvalue weighted by Crippen LogP contribution is -2.43. The van der Waals surface area contributed by atoms with E-state index < -0.39 is 6.04 Å². The zero-order valence-corrected chi connectivity index (χ0v) is 15.5. The van der Waals surface area contributed by atoms with Gasteiger partial charge in [-0.2, -0.15) is 5.10 Å². The van der Waals surface area contributed by atoms with Crippen LogP contribution in [-0.2, 0) is 17.8 Å². The molecule has 1 fully saturated rings. The number of amides is 1. The normalized spacial score (nSPS) is 22.5. The molecule has 0 unspecified atom stereocenters. The van der Waals surface area contributed by atoms with Gasteiger partial charge in [0.05, 0.1) is 6.54 Å². The second-order valence-electron chi connectivity index (χ2n) is 7.64. The molecule has 1 aromatic heterocycles. The minimum atomic E-state index is -0.390. The van der Waals surface area contributed by atoms with Crippen LogP contribution in [0.4, 0.5) is 0 Å². The van der Waals surface area contributed by atoms with Crippen LogP contribution in [0.25, 0.3) is 0 Å². The van der Waals surface area contributed by atoms with Gasteiger partial charge in [0.2, 0.25) is 5.91 Å². The predicted octanol–water partition coefficient (Wildman–Crippen LogP) is 2.29. The molecule has 26 heavy (non-hydrogen) atoms. The highest BCUT2D eigenvalue weighted by molar-refractivity contribution is 5.81. The van der Waals surface area contributed by atoms with Crippen molar-refractivity contribution in [3.8, 4) is 0 Å². The van der Waals surface area contributed by atoms with Crippen molar-refractivity contribution in [3.05, 3.63) is 51.7 Å². The number of fused-ring (bicyclic) bond motifs is 1. The summed E-state index contributed by atoms with van der Waals surface area (Å²) in [6, 6.07) is 8.00. The summed E-state index contributed by atoms with van der Waals surface area (Å²) in [5, 5.41) is 4.54. The van der Waals surface area contributed by atoms with E-state index in [9.17, 15) is 9.59 Å². The molecule has 6 heteroatoms. The Labute approximate surface area is 153 Å². The summed E-state index contributed by atoms with van der Waals surface area (Å²) in [5.41, 5.74) is 2.07. The number of benzene rings is 1. The van der Waals surface area contributed by atoms with Crippen molar-refractivity contribution in [3.63, 3.8) is 0 Å². The molecule has 0 spiro atoms. The molecular formula is C20H26N4O2. The molecule has 2 aliphatic heterocycles. The van der Waals surface area contributed by atoms with E-state index in [1.165, 1.54) is 10.2 Å². The molecule has 6 nitrogen and oxygen atoms in total. The Bertz CT molecular complexity index is 865. The van der Waals surface area contributed by atoms with Gasteiger partial charge in [-0.15, -0.1) is 0 Å². The molecule has 1 amide bonds. The second-order valence-corrected chi connectivity index (χ2v) is 7.64. The van der Waals surface area contributed by atoms with Crippen LogP contribution in [0.2, 0.25) is 0 Å². The van der Waals surface area contributed by atoms with Gasteiger partial charge in [0.1, 0.15) is 11.9 Å². The Balaban J connectivity index is 1.64. The first-order valence-electron chi connectivity index (χ1n) is 9.59. The van der Waals surface area contributed by atoms with Crippen LogP contribution in [0.15, 0.2) is 29.1 Å². The third-order valence-corrected chi connectivity index (χ3v) is 5.70. The van der Waals surface area contributed by atoms with E-state index in [0.717, 1.165) is 50.0 Å². The molecule has 4 rings (SSSR count). The summed E-state index contributed by atoms with van der Waals surface area (Å²) in [4.78, 5) is 28.0. The Morgan fingerprint density at radius 2 is 1.96 bits per heavy atom. The van der Waals surface area contributed by atoms with E-state index >= 15 is 0 Å². The first-order chi connectivity index (χ1) is 12.5. The van der Waals surface area contributed by atoms with Gasteiger partial charge in [0.15, 0.2) is 0 Å². The fourth-order valence-corrected chi connectivity index (χ4v) is 4.19. The summed E-state index contributed by atoms with van der Waals surface area (Å²) in [7, 11) is 0. The number of carbonyl (C=O) groups excluding carboxylic acids is 1. The van der Waals surface area contributed by atoms with Crippen molar-refractivity contribution >= 4 is 5.91 Å². The van der Waals surface area contributed by atoms with E-state index in [1.807, 2.05) is 36.1 Å². The van der Waals surface area contributed by atoms with Gasteiger partial charge in [-0.25, -0.2) is 9.48 Å². The molecule has 0 N–H and O–H groups in total. The topological polar surface area (TPSA) is 60.1 Å². The standard InChI is InChI=1S/C20H26N4O2/c1-14-8-10-16(11-9-14)13-23-20(26)24-17(6-3-7-18(24)21-23)19(25)22-12-4-5-15(22)2/h8-11,15,17H,3-7,12-13H2,1-2H3/t15-,17+/m0/s1. The number of nitrogens with zero attached hydrogens (tertiary/aromatic N) is 4. The lowest BCUT2D eigenvalue weighted by molar-refractivity contribution is -0.136. The SMILES string of the molecule is Cc1ccc(Cn2nc3n(c2=O)[C@@H](C(=O)N2CCC[C@@H]2C)CCC3)cc1. The molecule has 138 valence electrons. The monoisotopic (exact) mass is 354 g/mol. The van der Waals surface area contributed by atoms with Gasteiger partial charge < -0.3 is 4.90 Å². The molecule has 0 aliphatic carbocycles. The maximum atomic E-state index is 13.1. The van der Waals surface area contributed by atoms with Crippen LogP contribution < -0.4 is 5.69 Å². The first kappa shape index (κ1) is 17.1. The molecule has 2 aliphatic rings. The molecule has 0 saturated carbocycles. The van der Waals surface area contributed by atoms with E-state index in [2.05, 4.69) is 12.0 Å². The van der Waals surface area contributed by atoms with Gasteiger partial charge in [0.25, 0.3) is 0 Å². The van der Waals surface area contributed by atoms with Gasteiger partial charge in [0, 0.05) is 19.0 Å². The highest BCUT2D eigenvalue weighted by atomic mass is 16.2. The Hall–Kier alpha value is -2.37. The fourth-order valence-electron chi connectivity index (χ4n) is 4.19. The molecule has 2 aromatic rings. The first-order valence-corrected chi connectivity index (χ1v) is 9.59. The largest absolute Gasteiger partial charge is 0.346 e. The van der Waals surface area contributed by atoms with Gasteiger partial charge in [-0.1, -0.05) is 29.8 Å². The summed E-state index contributed by atoms with van der Waals surface area (Å²) in [5.74, 6) is 0.839. The Morgan fingerprint density at radius 3 is 2.65 bits per heavy atom. The lowest BCUT2D eigenvalue weighted by Gasteiger charge is -2.29. The fraction of sp³-hybridized carbons (Fsp3) is 0.550. The second kappa shape index (κ2) is 6.74. The number of hydrogen-bond acceptors (Lipinski definition) is 3. The summed E-state index contributed by atoms with van der Waals surface area (Å²) in [6.07, 6.45) is 4.49. The van der Waals surface area contributed by atoms with Crippen molar-refractivity contribution in [1.82, 2.24) is 19.2 Å². The molecule has 0 bridgehead atoms. The van der Waals surface area contributed by atoms with Gasteiger partial charge in [-0.3, -0.25) is 9.36 Å². The van der Waals surface area contributed by atoms with Crippen molar-refractivity contribution in [2.75, 3.05) is 6.54 Å². The minimum absolute atomic E-state index is 0.0907. The third-order valence-electron chi connectivity index (χ3n) is 5.70. The van der Waals surface area contributed by atoms with E-state index in [1.54, 1.807) is 4.57 Å². The van der Waals surface area contributed by atoms with Gasteiger partial charge in [-0.05, 0) is 45.1 Å². The maximum absolute atomic E-state index is 13.1. The number of rotatable bonds is 3. The van der Waals surface area contributed by atoms with E-state index in [4.69, 9.17) is 0 Å². The lowest BCUT2D eigenvalue weighted by atomic mass is 10.0. The van der Waals surface area contributed by atoms with Gasteiger partial charge >= 0.3 is 5.69 Å². The van der Waals surface area contributed by atoms with E-state index in [-0.39, 0.29) is 17.6 Å². The van der Waals surface area contributed by atoms with Crippen LogP contribution in [0.5, 0.6) is 0 Å². The van der Waals surface area contributed by atoms with Crippen LogP contribution in [-0.4, -0.2) is 37.7 Å². The minimum Gasteiger partial charge on any atom is -0.338 e. The number of likely N-dealkylation sites (tertiary alicyclic amines) is 1. The van der Waals surface area contributed by atoms with Crippen molar-refractivity contribution in [2.24, 2.45) is 0 Å². The highest BCUT2D eigenvalue weighted by Crippen LogP contribution is 2.27. The maximum Gasteiger partial charge on any atom is 0.346 e. The van der Waals surface area contributed by atoms with Crippen LogP contribution >= 0.6 is 0 Å². The number of hydrogen-bond donors (Lipinski definition) is 0. The summed E-state index contributed by atoms with van der Waals surface area (Å²) in [6.45, 7) is 5.39. The molecule has 1 saturated heterocycles. The smallest absolute Gasteiger partial charge is 0.338 e. The Morgan fingerprint density at radius 1 is 1.19 bits per heavy atom. The molecule has 2 atom stereocenters. The third kappa shape index (κ3) is 2.97. The summed E-state index contributed by atoms with van der Waals surface area (Å²) >= 11 is 0. The van der Waals surface area contributed by atoms with Crippen molar-refractivity contribution in [1.29, 1.82) is 0 Å². The average Bonchev–Trinajstić information content (AvgIpc) is 3.20. The number of aromatic nitrogens is 3. The molecule has 1 aromatic carbocycles. The van der Waals surface area contributed by atoms with Crippen molar-refractivity contribution < 1.29 is 4.79 Å². The highest BCUT2D eigenvalue weighted by Gasteiger charge is 2.36.